The summed E-state index contributed by atoms with van der Waals surface area (Å²) in [5.41, 5.74) is 5.45. The van der Waals surface area contributed by atoms with E-state index < -0.39 is 0 Å². The van der Waals surface area contributed by atoms with Crippen molar-refractivity contribution in [2.75, 3.05) is 19.4 Å². The second-order valence-corrected chi connectivity index (χ2v) is 8.18. The summed E-state index contributed by atoms with van der Waals surface area (Å²) >= 11 is 1.15. The van der Waals surface area contributed by atoms with E-state index in [1.807, 2.05) is 43.5 Å². The molecule has 29 heavy (non-hydrogen) atoms. The fraction of sp³-hybridized carbons (Fsp3) is 0.333. The number of thioether (sulfide) groups is 1. The minimum Gasteiger partial charge on any atom is -0.339 e. The molecule has 3 rings (SSSR count). The van der Waals surface area contributed by atoms with Crippen LogP contribution in [0.2, 0.25) is 0 Å². The molecule has 0 radical (unpaired) electrons. The van der Waals surface area contributed by atoms with Gasteiger partial charge in [0, 0.05) is 48.6 Å². The number of benzene rings is 1. The number of hydrogen-bond acceptors (Lipinski definition) is 5. The maximum atomic E-state index is 12.4. The first-order valence-electron chi connectivity index (χ1n) is 9.36. The van der Waals surface area contributed by atoms with Crippen molar-refractivity contribution < 1.29 is 9.59 Å². The van der Waals surface area contributed by atoms with Gasteiger partial charge in [-0.25, -0.2) is 9.50 Å². The lowest BCUT2D eigenvalue weighted by Crippen LogP contribution is -2.16. The largest absolute Gasteiger partial charge is 0.339 e. The number of nitrogens with zero attached hydrogens (tertiary/aromatic N) is 4. The molecule has 0 spiro atoms. The van der Waals surface area contributed by atoms with Gasteiger partial charge in [0.1, 0.15) is 0 Å². The Labute approximate surface area is 174 Å². The molecule has 0 atom stereocenters. The molecule has 8 heteroatoms. The van der Waals surface area contributed by atoms with Gasteiger partial charge in [-0.1, -0.05) is 0 Å². The molecule has 2 aromatic heterocycles. The predicted molar refractivity (Wildman–Crippen MR) is 116 cm³/mol. The van der Waals surface area contributed by atoms with Gasteiger partial charge < -0.3 is 10.2 Å². The van der Waals surface area contributed by atoms with Crippen LogP contribution >= 0.6 is 11.8 Å². The fourth-order valence-electron chi connectivity index (χ4n) is 3.06. The monoisotopic (exact) mass is 411 g/mol. The van der Waals surface area contributed by atoms with Crippen molar-refractivity contribution >= 4 is 34.2 Å². The van der Waals surface area contributed by atoms with Gasteiger partial charge in [-0.15, -0.1) is 0 Å². The standard InChI is InChI=1S/C21H25N5O2S/c1-13-12-19-22-14(2)18(15(3)26(19)24-13)10-11-20(27)23-16-6-8-17(9-7-16)29-21(28)25(4)5/h6-9,12H,10-11H2,1-5H3,(H,23,27). The Morgan fingerprint density at radius 1 is 1.14 bits per heavy atom. The zero-order valence-electron chi connectivity index (χ0n) is 17.3. The molecule has 0 aliphatic heterocycles. The Morgan fingerprint density at radius 3 is 2.48 bits per heavy atom. The predicted octanol–water partition coefficient (Wildman–Crippen LogP) is 4.00. The Balaban J connectivity index is 1.62. The zero-order chi connectivity index (χ0) is 21.1. The van der Waals surface area contributed by atoms with Crippen molar-refractivity contribution in [3.63, 3.8) is 0 Å². The van der Waals surface area contributed by atoms with Gasteiger partial charge in [-0.3, -0.25) is 9.59 Å². The van der Waals surface area contributed by atoms with Crippen LogP contribution < -0.4 is 5.32 Å². The van der Waals surface area contributed by atoms with E-state index in [1.54, 1.807) is 26.2 Å². The number of amides is 2. The van der Waals surface area contributed by atoms with E-state index in [1.165, 1.54) is 4.90 Å². The highest BCUT2D eigenvalue weighted by molar-refractivity contribution is 8.13. The van der Waals surface area contributed by atoms with Gasteiger partial charge in [-0.05, 0) is 68.8 Å². The zero-order valence-corrected chi connectivity index (χ0v) is 18.1. The van der Waals surface area contributed by atoms with Crippen molar-refractivity contribution in [3.05, 3.63) is 53.0 Å². The second kappa shape index (κ2) is 8.65. The first-order chi connectivity index (χ1) is 13.7. The molecule has 0 aliphatic rings. The summed E-state index contributed by atoms with van der Waals surface area (Å²) in [5.74, 6) is -0.0645. The maximum Gasteiger partial charge on any atom is 0.285 e. The third-order valence-electron chi connectivity index (χ3n) is 4.60. The number of nitrogens with one attached hydrogen (secondary N) is 1. The van der Waals surface area contributed by atoms with E-state index in [0.717, 1.165) is 44.9 Å². The normalized spacial score (nSPS) is 10.9. The Kier molecular flexibility index (Phi) is 6.22. The average molecular weight is 412 g/mol. The highest BCUT2D eigenvalue weighted by Crippen LogP contribution is 2.23. The Bertz CT molecular complexity index is 1060. The molecule has 2 heterocycles. The summed E-state index contributed by atoms with van der Waals surface area (Å²) in [6, 6.07) is 9.21. The number of anilines is 1. The lowest BCUT2D eigenvalue weighted by atomic mass is 10.1. The minimum absolute atomic E-state index is 0.0366. The number of fused-ring (bicyclic) bond motifs is 1. The third kappa shape index (κ3) is 4.95. The SMILES string of the molecule is Cc1cc2nc(C)c(CCC(=O)Nc3ccc(SC(=O)N(C)C)cc3)c(C)n2n1. The summed E-state index contributed by atoms with van der Waals surface area (Å²) in [7, 11) is 3.43. The number of carbonyl (C=O) groups excluding carboxylic acids is 2. The van der Waals surface area contributed by atoms with Crippen LogP contribution in [0.25, 0.3) is 5.65 Å². The maximum absolute atomic E-state index is 12.4. The number of rotatable bonds is 5. The quantitative estimate of drug-likeness (QED) is 0.642. The molecule has 0 saturated carbocycles. The number of carbonyl (C=O) groups is 2. The molecule has 0 aliphatic carbocycles. The van der Waals surface area contributed by atoms with Crippen LogP contribution in [0, 0.1) is 20.8 Å². The Morgan fingerprint density at radius 2 is 1.83 bits per heavy atom. The van der Waals surface area contributed by atoms with Crippen molar-refractivity contribution in [1.29, 1.82) is 0 Å². The lowest BCUT2D eigenvalue weighted by Gasteiger charge is -2.12. The van der Waals surface area contributed by atoms with Crippen molar-refractivity contribution in [2.24, 2.45) is 0 Å². The topological polar surface area (TPSA) is 79.6 Å². The molecule has 2 amide bonds. The van der Waals surface area contributed by atoms with E-state index in [0.29, 0.717) is 18.5 Å². The smallest absolute Gasteiger partial charge is 0.285 e. The van der Waals surface area contributed by atoms with E-state index in [2.05, 4.69) is 15.4 Å². The van der Waals surface area contributed by atoms with E-state index in [4.69, 9.17) is 0 Å². The molecule has 0 bridgehead atoms. The molecule has 1 N–H and O–H groups in total. The molecular formula is C21H25N5O2S. The average Bonchev–Trinajstić information content (AvgIpc) is 3.03. The Hall–Kier alpha value is -2.87. The van der Waals surface area contributed by atoms with E-state index in [9.17, 15) is 9.59 Å². The molecule has 3 aromatic rings. The highest BCUT2D eigenvalue weighted by Gasteiger charge is 2.13. The molecule has 7 nitrogen and oxygen atoms in total. The van der Waals surface area contributed by atoms with Crippen molar-refractivity contribution in [1.82, 2.24) is 19.5 Å². The number of aryl methyl sites for hydroxylation is 3. The van der Waals surface area contributed by atoms with Crippen LogP contribution in [0.15, 0.2) is 35.2 Å². The molecule has 1 aromatic carbocycles. The van der Waals surface area contributed by atoms with Crippen LogP contribution in [0.5, 0.6) is 0 Å². The molecule has 152 valence electrons. The van der Waals surface area contributed by atoms with Gasteiger partial charge in [-0.2, -0.15) is 5.10 Å². The van der Waals surface area contributed by atoms with Crippen LogP contribution in [-0.4, -0.2) is 44.7 Å². The summed E-state index contributed by atoms with van der Waals surface area (Å²) in [6.07, 6.45) is 0.946. The third-order valence-corrected chi connectivity index (χ3v) is 5.64. The fourth-order valence-corrected chi connectivity index (χ4v) is 3.72. The van der Waals surface area contributed by atoms with Crippen LogP contribution in [-0.2, 0) is 11.2 Å². The number of hydrogen-bond donors (Lipinski definition) is 1. The molecule has 0 fully saturated rings. The molecule has 0 unspecified atom stereocenters. The van der Waals surface area contributed by atoms with Gasteiger partial charge in [0.15, 0.2) is 5.65 Å². The number of aromatic nitrogens is 3. The summed E-state index contributed by atoms with van der Waals surface area (Å²) < 4.78 is 1.83. The lowest BCUT2D eigenvalue weighted by molar-refractivity contribution is -0.116. The van der Waals surface area contributed by atoms with Crippen LogP contribution in [0.1, 0.15) is 29.1 Å². The second-order valence-electron chi connectivity index (χ2n) is 7.15. The summed E-state index contributed by atoms with van der Waals surface area (Å²) in [4.78, 5) is 31.1. The van der Waals surface area contributed by atoms with Gasteiger partial charge >= 0.3 is 0 Å². The summed E-state index contributed by atoms with van der Waals surface area (Å²) in [5, 5.41) is 7.35. The first kappa shape index (κ1) is 20.9. The van der Waals surface area contributed by atoms with Crippen LogP contribution in [0.3, 0.4) is 0 Å². The van der Waals surface area contributed by atoms with Gasteiger partial charge in [0.2, 0.25) is 5.91 Å². The minimum atomic E-state index is -0.0645. The van der Waals surface area contributed by atoms with Crippen LogP contribution in [0.4, 0.5) is 10.5 Å². The van der Waals surface area contributed by atoms with E-state index >= 15 is 0 Å². The molecule has 0 saturated heterocycles. The highest BCUT2D eigenvalue weighted by atomic mass is 32.2. The first-order valence-corrected chi connectivity index (χ1v) is 10.2. The summed E-state index contributed by atoms with van der Waals surface area (Å²) in [6.45, 7) is 5.91. The van der Waals surface area contributed by atoms with Gasteiger partial charge in [0.05, 0.1) is 5.69 Å². The molecular weight excluding hydrogens is 386 g/mol. The van der Waals surface area contributed by atoms with Crippen molar-refractivity contribution in [2.45, 2.75) is 38.5 Å². The van der Waals surface area contributed by atoms with Crippen molar-refractivity contribution in [3.8, 4) is 0 Å². The van der Waals surface area contributed by atoms with Gasteiger partial charge in [0.25, 0.3) is 5.24 Å². The van der Waals surface area contributed by atoms with E-state index in [-0.39, 0.29) is 11.1 Å².